The molecule has 0 bridgehead atoms. The quantitative estimate of drug-likeness (QED) is 0.671. The first-order valence-corrected chi connectivity index (χ1v) is 6.41. The topological polar surface area (TPSA) is 76.5 Å². The van der Waals surface area contributed by atoms with Gasteiger partial charge in [-0.15, -0.1) is 0 Å². The van der Waals surface area contributed by atoms with Crippen molar-refractivity contribution in [2.45, 2.75) is 13.3 Å². The number of methoxy groups -OCH3 is 1. The van der Waals surface area contributed by atoms with Crippen LogP contribution >= 0.6 is 0 Å². The highest BCUT2D eigenvalue weighted by Crippen LogP contribution is 2.11. The van der Waals surface area contributed by atoms with E-state index in [1.165, 1.54) is 18.6 Å². The Kier molecular flexibility index (Phi) is 4.98. The molecule has 1 aromatic heterocycles. The Balaban J connectivity index is 1.93. The SMILES string of the molecule is COc1ccc(C/C(C)=N/NC(=O)c2cnccn2)cc1. The Morgan fingerprint density at radius 3 is 2.67 bits per heavy atom. The van der Waals surface area contributed by atoms with Crippen LogP contribution in [-0.4, -0.2) is 28.7 Å². The smallest absolute Gasteiger partial charge is 0.291 e. The fourth-order valence-electron chi connectivity index (χ4n) is 1.70. The van der Waals surface area contributed by atoms with Gasteiger partial charge >= 0.3 is 0 Å². The number of carbonyl (C=O) groups excluding carboxylic acids is 1. The maximum absolute atomic E-state index is 11.7. The van der Waals surface area contributed by atoms with Gasteiger partial charge in [-0.1, -0.05) is 12.1 Å². The Morgan fingerprint density at radius 1 is 1.29 bits per heavy atom. The molecule has 0 spiro atoms. The molecule has 1 heterocycles. The zero-order chi connectivity index (χ0) is 15.1. The fourth-order valence-corrected chi connectivity index (χ4v) is 1.70. The third-order valence-corrected chi connectivity index (χ3v) is 2.76. The van der Waals surface area contributed by atoms with Crippen LogP contribution in [-0.2, 0) is 6.42 Å². The average Bonchev–Trinajstić information content (AvgIpc) is 2.54. The molecule has 0 saturated carbocycles. The molecule has 2 aromatic rings. The minimum absolute atomic E-state index is 0.235. The van der Waals surface area contributed by atoms with Crippen LogP contribution in [0.25, 0.3) is 0 Å². The summed E-state index contributed by atoms with van der Waals surface area (Å²) < 4.78 is 5.10. The second-order valence-electron chi connectivity index (χ2n) is 4.40. The van der Waals surface area contributed by atoms with Crippen LogP contribution in [0, 0.1) is 0 Å². The number of carbonyl (C=O) groups is 1. The number of hydrogen-bond acceptors (Lipinski definition) is 5. The molecule has 6 nitrogen and oxygen atoms in total. The van der Waals surface area contributed by atoms with Gasteiger partial charge in [0.15, 0.2) is 0 Å². The first-order chi connectivity index (χ1) is 10.2. The summed E-state index contributed by atoms with van der Waals surface area (Å²) in [5.41, 5.74) is 4.58. The van der Waals surface area contributed by atoms with Gasteiger partial charge in [-0.05, 0) is 24.6 Å². The normalized spacial score (nSPS) is 11.0. The molecule has 0 atom stereocenters. The van der Waals surface area contributed by atoms with Gasteiger partial charge in [0.25, 0.3) is 5.91 Å². The highest BCUT2D eigenvalue weighted by atomic mass is 16.5. The molecule has 21 heavy (non-hydrogen) atoms. The van der Waals surface area contributed by atoms with E-state index in [9.17, 15) is 4.79 Å². The van der Waals surface area contributed by atoms with Crippen molar-refractivity contribution in [2.24, 2.45) is 5.10 Å². The van der Waals surface area contributed by atoms with E-state index in [1.807, 2.05) is 31.2 Å². The molecule has 0 fully saturated rings. The summed E-state index contributed by atoms with van der Waals surface area (Å²) in [6, 6.07) is 7.70. The number of amides is 1. The molecule has 0 aliphatic carbocycles. The van der Waals surface area contributed by atoms with Crippen molar-refractivity contribution in [1.82, 2.24) is 15.4 Å². The van der Waals surface area contributed by atoms with E-state index in [0.29, 0.717) is 6.42 Å². The van der Waals surface area contributed by atoms with Gasteiger partial charge in [0.05, 0.1) is 13.3 Å². The van der Waals surface area contributed by atoms with Crippen molar-refractivity contribution in [3.05, 3.63) is 54.1 Å². The van der Waals surface area contributed by atoms with Crippen molar-refractivity contribution in [3.63, 3.8) is 0 Å². The van der Waals surface area contributed by atoms with Crippen molar-refractivity contribution in [3.8, 4) is 5.75 Å². The Morgan fingerprint density at radius 2 is 2.05 bits per heavy atom. The van der Waals surface area contributed by atoms with Gasteiger partial charge in [-0.3, -0.25) is 9.78 Å². The van der Waals surface area contributed by atoms with Crippen LogP contribution in [0.5, 0.6) is 5.75 Å². The van der Waals surface area contributed by atoms with Gasteiger partial charge in [0.1, 0.15) is 11.4 Å². The number of nitrogens with zero attached hydrogens (tertiary/aromatic N) is 3. The van der Waals surface area contributed by atoms with E-state index in [0.717, 1.165) is 17.0 Å². The number of hydrazone groups is 1. The van der Waals surface area contributed by atoms with Crippen molar-refractivity contribution in [2.75, 3.05) is 7.11 Å². The van der Waals surface area contributed by atoms with Crippen LogP contribution in [0.3, 0.4) is 0 Å². The first-order valence-electron chi connectivity index (χ1n) is 6.41. The molecule has 0 aliphatic rings. The number of aromatic nitrogens is 2. The van der Waals surface area contributed by atoms with Gasteiger partial charge in [0.2, 0.25) is 0 Å². The van der Waals surface area contributed by atoms with E-state index in [2.05, 4.69) is 20.5 Å². The summed E-state index contributed by atoms with van der Waals surface area (Å²) in [5.74, 6) is 0.432. The highest BCUT2D eigenvalue weighted by Gasteiger charge is 2.05. The second-order valence-corrected chi connectivity index (χ2v) is 4.40. The minimum atomic E-state index is -0.378. The lowest BCUT2D eigenvalue weighted by Gasteiger charge is -2.04. The van der Waals surface area contributed by atoms with E-state index in [-0.39, 0.29) is 11.6 Å². The van der Waals surface area contributed by atoms with Crippen LogP contribution in [0.4, 0.5) is 0 Å². The molecular weight excluding hydrogens is 268 g/mol. The Hall–Kier alpha value is -2.76. The highest BCUT2D eigenvalue weighted by molar-refractivity contribution is 5.93. The lowest BCUT2D eigenvalue weighted by atomic mass is 10.1. The van der Waals surface area contributed by atoms with Gasteiger partial charge < -0.3 is 4.74 Å². The third-order valence-electron chi connectivity index (χ3n) is 2.76. The molecule has 1 aromatic carbocycles. The standard InChI is InChI=1S/C15H16N4O2/c1-11(9-12-3-5-13(21-2)6-4-12)18-19-15(20)14-10-16-7-8-17-14/h3-8,10H,9H2,1-2H3,(H,19,20)/b18-11+. The largest absolute Gasteiger partial charge is 0.497 e. The third kappa shape index (κ3) is 4.38. The van der Waals surface area contributed by atoms with Crippen LogP contribution in [0.1, 0.15) is 23.0 Å². The summed E-state index contributed by atoms with van der Waals surface area (Å²) in [5, 5.41) is 4.06. The molecule has 0 radical (unpaired) electrons. The Bertz CT molecular complexity index is 624. The monoisotopic (exact) mass is 284 g/mol. The Labute approximate surface area is 122 Å². The molecule has 0 unspecified atom stereocenters. The molecule has 6 heteroatoms. The van der Waals surface area contributed by atoms with Crippen LogP contribution in [0.15, 0.2) is 48.0 Å². The molecular formula is C15H16N4O2. The summed E-state index contributed by atoms with van der Waals surface area (Å²) in [7, 11) is 1.63. The van der Waals surface area contributed by atoms with E-state index < -0.39 is 0 Å². The summed E-state index contributed by atoms with van der Waals surface area (Å²) >= 11 is 0. The lowest BCUT2D eigenvalue weighted by Crippen LogP contribution is -2.20. The number of nitrogens with one attached hydrogen (secondary N) is 1. The predicted molar refractivity (Wildman–Crippen MR) is 79.3 cm³/mol. The van der Waals surface area contributed by atoms with E-state index in [1.54, 1.807) is 7.11 Å². The van der Waals surface area contributed by atoms with E-state index >= 15 is 0 Å². The molecule has 0 saturated heterocycles. The predicted octanol–water partition coefficient (Wildman–Crippen LogP) is 1.83. The summed E-state index contributed by atoms with van der Waals surface area (Å²) in [4.78, 5) is 19.5. The average molecular weight is 284 g/mol. The maximum atomic E-state index is 11.7. The molecule has 0 aliphatic heterocycles. The lowest BCUT2D eigenvalue weighted by molar-refractivity contribution is 0.0949. The van der Waals surface area contributed by atoms with Crippen LogP contribution < -0.4 is 10.2 Å². The number of rotatable bonds is 5. The van der Waals surface area contributed by atoms with Crippen molar-refractivity contribution in [1.29, 1.82) is 0 Å². The van der Waals surface area contributed by atoms with Crippen molar-refractivity contribution < 1.29 is 9.53 Å². The number of benzene rings is 1. The first kappa shape index (κ1) is 14.6. The second kappa shape index (κ2) is 7.14. The van der Waals surface area contributed by atoms with E-state index in [4.69, 9.17) is 4.74 Å². The fraction of sp³-hybridized carbons (Fsp3) is 0.200. The maximum Gasteiger partial charge on any atom is 0.291 e. The molecule has 2 rings (SSSR count). The van der Waals surface area contributed by atoms with Crippen LogP contribution in [0.2, 0.25) is 0 Å². The minimum Gasteiger partial charge on any atom is -0.497 e. The molecule has 108 valence electrons. The molecule has 1 N–H and O–H groups in total. The number of hydrogen-bond donors (Lipinski definition) is 1. The summed E-state index contributed by atoms with van der Waals surface area (Å²) in [6.45, 7) is 1.85. The zero-order valence-electron chi connectivity index (χ0n) is 11.9. The van der Waals surface area contributed by atoms with Gasteiger partial charge in [0, 0.05) is 24.5 Å². The van der Waals surface area contributed by atoms with Crippen molar-refractivity contribution >= 4 is 11.6 Å². The summed E-state index contributed by atoms with van der Waals surface area (Å²) in [6.07, 6.45) is 5.01. The van der Waals surface area contributed by atoms with Gasteiger partial charge in [-0.2, -0.15) is 5.10 Å². The number of ether oxygens (including phenoxy) is 1. The zero-order valence-corrected chi connectivity index (χ0v) is 11.9. The van der Waals surface area contributed by atoms with Gasteiger partial charge in [-0.25, -0.2) is 10.4 Å². The molecule has 1 amide bonds.